The number of carbonyl (C=O) groups is 1. The molecule has 0 saturated heterocycles. The molecule has 1 N–H and O–H groups in total. The van der Waals surface area contributed by atoms with Crippen LogP contribution in [0.15, 0.2) is 12.7 Å². The van der Waals surface area contributed by atoms with Crippen LogP contribution in [0.1, 0.15) is 13.8 Å². The second-order valence-corrected chi connectivity index (χ2v) is 4.04. The van der Waals surface area contributed by atoms with Crippen LogP contribution in [0.25, 0.3) is 0 Å². The number of carbonyl (C=O) groups excluding carboxylic acids is 1. The van der Waals surface area contributed by atoms with Gasteiger partial charge in [0.2, 0.25) is 5.91 Å². The fraction of sp³-hybridized carbons (Fsp3) is 0.700. The third kappa shape index (κ3) is 4.15. The average Bonchev–Trinajstić information content (AvgIpc) is 2.15. The molecule has 0 fully saturated rings. The molecule has 0 saturated carbocycles. The van der Waals surface area contributed by atoms with E-state index in [1.54, 1.807) is 11.0 Å². The summed E-state index contributed by atoms with van der Waals surface area (Å²) in [5, 5.41) is 8.48. The summed E-state index contributed by atoms with van der Waals surface area (Å²) >= 11 is 4.24. The summed E-state index contributed by atoms with van der Waals surface area (Å²) in [6.45, 7) is 8.23. The standard InChI is InChI=1S/C10H19NO2S/c1-4-5-11(6-7-12)10(13)9(14)8(2)3/h4,8-9,12,14H,1,5-7H2,2-3H3. The number of aliphatic hydroxyl groups excluding tert-OH is 1. The molecule has 82 valence electrons. The van der Waals surface area contributed by atoms with Crippen LogP contribution in [0.4, 0.5) is 0 Å². The van der Waals surface area contributed by atoms with E-state index < -0.39 is 0 Å². The molecule has 0 bridgehead atoms. The van der Waals surface area contributed by atoms with Crippen molar-refractivity contribution in [2.24, 2.45) is 5.92 Å². The summed E-state index contributed by atoms with van der Waals surface area (Å²) in [6.07, 6.45) is 1.65. The van der Waals surface area contributed by atoms with Gasteiger partial charge in [-0.05, 0) is 5.92 Å². The van der Waals surface area contributed by atoms with Crippen LogP contribution in [0.3, 0.4) is 0 Å². The first-order chi connectivity index (χ1) is 6.54. The summed E-state index contributed by atoms with van der Waals surface area (Å²) in [7, 11) is 0. The fourth-order valence-corrected chi connectivity index (χ4v) is 1.20. The van der Waals surface area contributed by atoms with Crippen LogP contribution in [-0.2, 0) is 4.79 Å². The minimum Gasteiger partial charge on any atom is -0.395 e. The average molecular weight is 217 g/mol. The lowest BCUT2D eigenvalue weighted by Crippen LogP contribution is -2.40. The Morgan fingerprint density at radius 1 is 1.64 bits per heavy atom. The molecule has 0 aliphatic rings. The van der Waals surface area contributed by atoms with Gasteiger partial charge in [0.25, 0.3) is 0 Å². The maximum Gasteiger partial charge on any atom is 0.236 e. The van der Waals surface area contributed by atoms with E-state index in [4.69, 9.17) is 5.11 Å². The second-order valence-electron chi connectivity index (χ2n) is 3.49. The Labute approximate surface area is 91.2 Å². The maximum atomic E-state index is 11.8. The minimum atomic E-state index is -0.304. The van der Waals surface area contributed by atoms with Crippen molar-refractivity contribution in [1.82, 2.24) is 4.90 Å². The van der Waals surface area contributed by atoms with Gasteiger partial charge in [-0.2, -0.15) is 12.6 Å². The van der Waals surface area contributed by atoms with E-state index >= 15 is 0 Å². The Kier molecular flexibility index (Phi) is 6.66. The molecule has 0 aliphatic heterocycles. The summed E-state index contributed by atoms with van der Waals surface area (Å²) in [5.41, 5.74) is 0. The third-order valence-corrected chi connectivity index (χ3v) is 2.73. The van der Waals surface area contributed by atoms with Crippen LogP contribution in [0.5, 0.6) is 0 Å². The van der Waals surface area contributed by atoms with E-state index in [-0.39, 0.29) is 23.7 Å². The molecule has 0 aromatic rings. The molecular weight excluding hydrogens is 198 g/mol. The Morgan fingerprint density at radius 2 is 2.21 bits per heavy atom. The molecule has 0 spiro atoms. The van der Waals surface area contributed by atoms with E-state index in [1.807, 2.05) is 13.8 Å². The van der Waals surface area contributed by atoms with Crippen molar-refractivity contribution in [3.05, 3.63) is 12.7 Å². The smallest absolute Gasteiger partial charge is 0.236 e. The van der Waals surface area contributed by atoms with Gasteiger partial charge in [0.1, 0.15) is 0 Å². The number of aliphatic hydroxyl groups is 1. The molecule has 0 heterocycles. The zero-order valence-electron chi connectivity index (χ0n) is 8.81. The summed E-state index contributed by atoms with van der Waals surface area (Å²) in [5.74, 6) is 0.147. The van der Waals surface area contributed by atoms with Gasteiger partial charge in [0, 0.05) is 13.1 Å². The first-order valence-corrected chi connectivity index (χ1v) is 5.24. The van der Waals surface area contributed by atoms with Gasteiger partial charge in [0.15, 0.2) is 0 Å². The zero-order chi connectivity index (χ0) is 11.1. The third-order valence-electron chi connectivity index (χ3n) is 1.92. The van der Waals surface area contributed by atoms with Crippen molar-refractivity contribution >= 4 is 18.5 Å². The lowest BCUT2D eigenvalue weighted by Gasteiger charge is -2.25. The minimum absolute atomic E-state index is 0.0296. The molecule has 1 amide bonds. The molecule has 1 atom stereocenters. The predicted octanol–water partition coefficient (Wildman–Crippen LogP) is 0.948. The Balaban J connectivity index is 4.33. The molecule has 0 aliphatic carbocycles. The van der Waals surface area contributed by atoms with Gasteiger partial charge in [-0.15, -0.1) is 6.58 Å². The highest BCUT2D eigenvalue weighted by molar-refractivity contribution is 7.81. The number of rotatable bonds is 6. The van der Waals surface area contributed by atoms with Crippen molar-refractivity contribution in [2.75, 3.05) is 19.7 Å². The first kappa shape index (κ1) is 13.5. The Hall–Kier alpha value is -0.480. The van der Waals surface area contributed by atoms with Crippen molar-refractivity contribution in [3.63, 3.8) is 0 Å². The Bertz CT molecular complexity index is 195. The molecule has 1 unspecified atom stereocenters. The molecule has 0 radical (unpaired) electrons. The van der Waals surface area contributed by atoms with Crippen molar-refractivity contribution in [2.45, 2.75) is 19.1 Å². The largest absolute Gasteiger partial charge is 0.395 e. The summed E-state index contributed by atoms with van der Waals surface area (Å²) in [6, 6.07) is 0. The van der Waals surface area contributed by atoms with E-state index in [9.17, 15) is 4.79 Å². The first-order valence-electron chi connectivity index (χ1n) is 4.73. The number of nitrogens with zero attached hydrogens (tertiary/aromatic N) is 1. The highest BCUT2D eigenvalue weighted by Crippen LogP contribution is 2.12. The highest BCUT2D eigenvalue weighted by Gasteiger charge is 2.22. The molecule has 0 aromatic carbocycles. The highest BCUT2D eigenvalue weighted by atomic mass is 32.1. The molecule has 14 heavy (non-hydrogen) atoms. The summed E-state index contributed by atoms with van der Waals surface area (Å²) in [4.78, 5) is 13.3. The number of hydrogen-bond donors (Lipinski definition) is 2. The van der Waals surface area contributed by atoms with Crippen molar-refractivity contribution in [3.8, 4) is 0 Å². The van der Waals surface area contributed by atoms with Crippen LogP contribution < -0.4 is 0 Å². The number of amides is 1. The quantitative estimate of drug-likeness (QED) is 0.514. The normalized spacial score (nSPS) is 12.6. The van der Waals surface area contributed by atoms with Gasteiger partial charge in [-0.3, -0.25) is 4.79 Å². The number of thiol groups is 1. The fourth-order valence-electron chi connectivity index (χ4n) is 1.04. The second kappa shape index (κ2) is 6.90. The molecular formula is C10H19NO2S. The maximum absolute atomic E-state index is 11.8. The van der Waals surface area contributed by atoms with Gasteiger partial charge >= 0.3 is 0 Å². The zero-order valence-corrected chi connectivity index (χ0v) is 9.70. The van der Waals surface area contributed by atoms with Gasteiger partial charge < -0.3 is 10.0 Å². The van der Waals surface area contributed by atoms with Crippen LogP contribution >= 0.6 is 12.6 Å². The lowest BCUT2D eigenvalue weighted by molar-refractivity contribution is -0.131. The van der Waals surface area contributed by atoms with Gasteiger partial charge in [0.05, 0.1) is 11.9 Å². The molecule has 0 aromatic heterocycles. The Morgan fingerprint density at radius 3 is 2.57 bits per heavy atom. The molecule has 4 heteroatoms. The van der Waals surface area contributed by atoms with Crippen LogP contribution in [-0.4, -0.2) is 40.9 Å². The van der Waals surface area contributed by atoms with Crippen molar-refractivity contribution < 1.29 is 9.90 Å². The monoisotopic (exact) mass is 217 g/mol. The topological polar surface area (TPSA) is 40.5 Å². The molecule has 3 nitrogen and oxygen atoms in total. The van der Waals surface area contributed by atoms with Gasteiger partial charge in [-0.1, -0.05) is 19.9 Å². The number of hydrogen-bond acceptors (Lipinski definition) is 3. The van der Waals surface area contributed by atoms with E-state index in [0.717, 1.165) is 0 Å². The van der Waals surface area contributed by atoms with Crippen LogP contribution in [0.2, 0.25) is 0 Å². The van der Waals surface area contributed by atoms with E-state index in [2.05, 4.69) is 19.2 Å². The van der Waals surface area contributed by atoms with E-state index in [0.29, 0.717) is 13.1 Å². The predicted molar refractivity (Wildman–Crippen MR) is 61.5 cm³/mol. The van der Waals surface area contributed by atoms with Crippen LogP contribution in [0, 0.1) is 5.92 Å². The van der Waals surface area contributed by atoms with Gasteiger partial charge in [-0.25, -0.2) is 0 Å². The lowest BCUT2D eigenvalue weighted by atomic mass is 10.1. The van der Waals surface area contributed by atoms with Crippen molar-refractivity contribution in [1.29, 1.82) is 0 Å². The SMILES string of the molecule is C=CCN(CCO)C(=O)C(S)C(C)C. The van der Waals surface area contributed by atoms with E-state index in [1.165, 1.54) is 0 Å². The summed E-state index contributed by atoms with van der Waals surface area (Å²) < 4.78 is 0. The molecule has 0 rings (SSSR count).